The Bertz CT molecular complexity index is 953. The number of nitrogens with one attached hydrogen (secondary N) is 1. The normalized spacial score (nSPS) is 14.1. The Labute approximate surface area is 175 Å². The first-order chi connectivity index (χ1) is 14.2. The van der Waals surface area contributed by atoms with Gasteiger partial charge in [0.1, 0.15) is 0 Å². The second kappa shape index (κ2) is 9.10. The van der Waals surface area contributed by atoms with E-state index in [1.54, 1.807) is 9.80 Å². The number of hydrogen-bond donors (Lipinski definition) is 1. The van der Waals surface area contributed by atoms with Gasteiger partial charge in [-0.15, -0.1) is 21.5 Å². The third kappa shape index (κ3) is 4.96. The lowest BCUT2D eigenvalue weighted by Gasteiger charge is -2.34. The summed E-state index contributed by atoms with van der Waals surface area (Å²) in [6, 6.07) is 13.0. The molecule has 29 heavy (non-hydrogen) atoms. The molecular formula is C19H19N5O3S2. The van der Waals surface area contributed by atoms with Crippen molar-refractivity contribution in [1.82, 2.24) is 20.0 Å². The van der Waals surface area contributed by atoms with Crippen molar-refractivity contribution < 1.29 is 14.0 Å². The van der Waals surface area contributed by atoms with E-state index in [0.717, 1.165) is 10.6 Å². The maximum absolute atomic E-state index is 12.5. The molecule has 3 heterocycles. The van der Waals surface area contributed by atoms with Crippen molar-refractivity contribution in [3.63, 3.8) is 0 Å². The number of thioether (sulfide) groups is 1. The highest BCUT2D eigenvalue weighted by Crippen LogP contribution is 2.26. The van der Waals surface area contributed by atoms with Crippen LogP contribution in [0.25, 0.3) is 10.8 Å². The lowest BCUT2D eigenvalue weighted by atomic mass is 10.3. The number of carbonyl (C=O) groups excluding carboxylic acids is 2. The molecule has 8 nitrogen and oxygen atoms in total. The molecule has 3 aromatic rings. The summed E-state index contributed by atoms with van der Waals surface area (Å²) in [7, 11) is 0. The third-order valence-electron chi connectivity index (χ3n) is 4.40. The van der Waals surface area contributed by atoms with Gasteiger partial charge in [0.2, 0.25) is 5.91 Å². The van der Waals surface area contributed by atoms with Crippen LogP contribution in [0.3, 0.4) is 0 Å². The second-order valence-corrected chi connectivity index (χ2v) is 8.18. The Morgan fingerprint density at radius 3 is 2.52 bits per heavy atom. The first-order valence-electron chi connectivity index (χ1n) is 9.08. The fraction of sp³-hybridized carbons (Fsp3) is 0.263. The molecule has 1 N–H and O–H groups in total. The summed E-state index contributed by atoms with van der Waals surface area (Å²) in [5.74, 6) is 0.685. The van der Waals surface area contributed by atoms with Gasteiger partial charge in [-0.2, -0.15) is 0 Å². The first-order valence-corrected chi connectivity index (χ1v) is 10.9. The molecule has 0 saturated carbocycles. The Morgan fingerprint density at radius 2 is 1.79 bits per heavy atom. The van der Waals surface area contributed by atoms with Gasteiger partial charge in [0.05, 0.1) is 10.6 Å². The Morgan fingerprint density at radius 1 is 1.03 bits per heavy atom. The number of nitrogens with zero attached hydrogens (tertiary/aromatic N) is 4. The molecule has 1 aliphatic rings. The van der Waals surface area contributed by atoms with Crippen molar-refractivity contribution in [2.24, 2.45) is 0 Å². The fourth-order valence-electron chi connectivity index (χ4n) is 2.87. The molecule has 1 aromatic carbocycles. The average molecular weight is 430 g/mol. The van der Waals surface area contributed by atoms with Crippen LogP contribution in [-0.4, -0.2) is 63.9 Å². The number of amides is 3. The van der Waals surface area contributed by atoms with Crippen LogP contribution < -0.4 is 5.32 Å². The third-order valence-corrected chi connectivity index (χ3v) is 6.06. The van der Waals surface area contributed by atoms with E-state index in [0.29, 0.717) is 37.3 Å². The van der Waals surface area contributed by atoms with Gasteiger partial charge in [-0.05, 0) is 23.6 Å². The van der Waals surface area contributed by atoms with E-state index in [2.05, 4.69) is 15.5 Å². The SMILES string of the molecule is O=C(CSc1nnc(-c2cccs2)o1)N1CCN(C(=O)Nc2ccccc2)CC1. The van der Waals surface area contributed by atoms with Crippen LogP contribution >= 0.6 is 23.1 Å². The lowest BCUT2D eigenvalue weighted by molar-refractivity contribution is -0.129. The maximum atomic E-state index is 12.5. The van der Waals surface area contributed by atoms with Gasteiger partial charge in [0, 0.05) is 31.9 Å². The molecule has 2 aromatic heterocycles. The second-order valence-electron chi connectivity index (χ2n) is 6.30. The number of piperazine rings is 1. The number of anilines is 1. The Kier molecular flexibility index (Phi) is 6.11. The van der Waals surface area contributed by atoms with E-state index >= 15 is 0 Å². The van der Waals surface area contributed by atoms with Crippen LogP contribution in [0.4, 0.5) is 10.5 Å². The standard InChI is InChI=1S/C19H19N5O3S2/c25-16(13-29-19-22-21-17(27-19)15-7-4-12-28-15)23-8-10-24(11-9-23)18(26)20-14-5-2-1-3-6-14/h1-7,12H,8-11,13H2,(H,20,26). The summed E-state index contributed by atoms with van der Waals surface area (Å²) in [6.07, 6.45) is 0. The van der Waals surface area contributed by atoms with E-state index in [1.807, 2.05) is 47.8 Å². The number of benzene rings is 1. The number of rotatable bonds is 5. The highest BCUT2D eigenvalue weighted by molar-refractivity contribution is 7.99. The van der Waals surface area contributed by atoms with E-state index < -0.39 is 0 Å². The Balaban J connectivity index is 1.22. The van der Waals surface area contributed by atoms with Crippen molar-refractivity contribution in [2.45, 2.75) is 5.22 Å². The molecule has 0 bridgehead atoms. The van der Waals surface area contributed by atoms with Crippen molar-refractivity contribution in [1.29, 1.82) is 0 Å². The number of aromatic nitrogens is 2. The summed E-state index contributed by atoms with van der Waals surface area (Å²) < 4.78 is 5.59. The van der Waals surface area contributed by atoms with Crippen molar-refractivity contribution in [3.8, 4) is 10.8 Å². The molecule has 3 amide bonds. The monoisotopic (exact) mass is 429 g/mol. The van der Waals surface area contributed by atoms with Gasteiger partial charge >= 0.3 is 6.03 Å². The first kappa shape index (κ1) is 19.5. The maximum Gasteiger partial charge on any atom is 0.321 e. The van der Waals surface area contributed by atoms with E-state index in [9.17, 15) is 9.59 Å². The van der Waals surface area contributed by atoms with Crippen molar-refractivity contribution in [2.75, 3.05) is 37.2 Å². The summed E-state index contributed by atoms with van der Waals surface area (Å²) in [5.41, 5.74) is 0.758. The Hall–Kier alpha value is -2.85. The smallest absolute Gasteiger partial charge is 0.321 e. The van der Waals surface area contributed by atoms with Crippen molar-refractivity contribution >= 4 is 40.7 Å². The minimum atomic E-state index is -0.148. The predicted octanol–water partition coefficient (Wildman–Crippen LogP) is 3.27. The van der Waals surface area contributed by atoms with Crippen LogP contribution in [0.15, 0.2) is 57.5 Å². The van der Waals surface area contributed by atoms with Crippen LogP contribution in [0.5, 0.6) is 0 Å². The number of hydrogen-bond acceptors (Lipinski definition) is 7. The number of thiophene rings is 1. The molecule has 1 fully saturated rings. The van der Waals surface area contributed by atoms with Crippen molar-refractivity contribution in [3.05, 3.63) is 47.8 Å². The lowest BCUT2D eigenvalue weighted by Crippen LogP contribution is -2.52. The van der Waals surface area contributed by atoms with Gasteiger partial charge in [0.25, 0.3) is 11.1 Å². The van der Waals surface area contributed by atoms with E-state index in [4.69, 9.17) is 4.42 Å². The highest BCUT2D eigenvalue weighted by Gasteiger charge is 2.24. The number of urea groups is 1. The highest BCUT2D eigenvalue weighted by atomic mass is 32.2. The summed E-state index contributed by atoms with van der Waals surface area (Å²) >= 11 is 2.75. The average Bonchev–Trinajstić information content (AvgIpc) is 3.45. The van der Waals surface area contributed by atoms with Crippen LogP contribution in [0, 0.1) is 0 Å². The zero-order chi connectivity index (χ0) is 20.1. The molecule has 0 aliphatic carbocycles. The molecule has 0 unspecified atom stereocenters. The quantitative estimate of drug-likeness (QED) is 0.626. The molecule has 4 rings (SSSR count). The largest absolute Gasteiger partial charge is 0.410 e. The molecule has 1 saturated heterocycles. The van der Waals surface area contributed by atoms with Gasteiger partial charge in [0.15, 0.2) is 0 Å². The molecule has 0 radical (unpaired) electrons. The summed E-state index contributed by atoms with van der Waals surface area (Å²) in [5, 5.41) is 13.2. The van der Waals surface area contributed by atoms with Gasteiger partial charge in [-0.25, -0.2) is 4.79 Å². The zero-order valence-corrected chi connectivity index (χ0v) is 17.1. The van der Waals surface area contributed by atoms with Gasteiger partial charge in [-0.1, -0.05) is 36.0 Å². The van der Waals surface area contributed by atoms with E-state index in [1.165, 1.54) is 23.1 Å². The molecule has 150 valence electrons. The van der Waals surface area contributed by atoms with Crippen LogP contribution in [0.2, 0.25) is 0 Å². The van der Waals surface area contributed by atoms with E-state index in [-0.39, 0.29) is 17.7 Å². The van der Waals surface area contributed by atoms with Gasteiger partial charge < -0.3 is 19.5 Å². The van der Waals surface area contributed by atoms with Crippen LogP contribution in [0.1, 0.15) is 0 Å². The zero-order valence-electron chi connectivity index (χ0n) is 15.5. The van der Waals surface area contributed by atoms with Crippen LogP contribution in [-0.2, 0) is 4.79 Å². The van der Waals surface area contributed by atoms with Gasteiger partial charge in [-0.3, -0.25) is 4.79 Å². The molecular weight excluding hydrogens is 410 g/mol. The topological polar surface area (TPSA) is 91.6 Å². The predicted molar refractivity (Wildman–Crippen MR) is 112 cm³/mol. The minimum absolute atomic E-state index is 0.00556. The summed E-state index contributed by atoms with van der Waals surface area (Å²) in [4.78, 5) is 29.2. The number of para-hydroxylation sites is 1. The summed E-state index contributed by atoms with van der Waals surface area (Å²) in [6.45, 7) is 2.01. The molecule has 0 atom stereocenters. The molecule has 1 aliphatic heterocycles. The fourth-order valence-corrected chi connectivity index (χ4v) is 4.18. The minimum Gasteiger partial charge on any atom is -0.410 e. The number of carbonyl (C=O) groups is 2. The molecule has 10 heteroatoms. The molecule has 0 spiro atoms.